The van der Waals surface area contributed by atoms with Crippen molar-refractivity contribution < 1.29 is 33.1 Å². The highest BCUT2D eigenvalue weighted by Gasteiger charge is 2.56. The van der Waals surface area contributed by atoms with Crippen LogP contribution in [-0.4, -0.2) is 126 Å². The number of piperidine rings is 4. The summed E-state index contributed by atoms with van der Waals surface area (Å²) in [5.41, 5.74) is 4.54. The standard InChI is InChI=1S/C59H70FN11O6/c1-36(2)70-35-63-48-32-47(65-53(52(48)70)64-46-17-22-61-34-45(46)60)38-9-14-44-49(29-38)71(41-30-40(31-41)67-23-5-4-6-24-67)57(76)59(44)20-27-69(28-21-59)56(75)58(3)18-25-68(26-19-58)55(74)37-7-11-42(12-8-37)77-51-16-10-39(33-62-51)43-13-15-50(72)66-54(43)73/h9-10,14,16-17,22,29,32-37,40-43H,4-8,11-13,15,18-21,23-28,30-31H2,1-3H3,(H,61,64,65)(H,66,72,73). The van der Waals surface area contributed by atoms with E-state index in [1.807, 2.05) is 26.5 Å². The van der Waals surface area contributed by atoms with E-state index in [0.29, 0.717) is 101 Å². The summed E-state index contributed by atoms with van der Waals surface area (Å²) in [5, 5.41) is 5.65. The topological polar surface area (TPSA) is 188 Å². The third-order valence-corrected chi connectivity index (χ3v) is 18.5. The number of amides is 5. The zero-order chi connectivity index (χ0) is 53.2. The number of anilines is 3. The minimum Gasteiger partial charge on any atom is -0.474 e. The van der Waals surface area contributed by atoms with Gasteiger partial charge >= 0.3 is 0 Å². The van der Waals surface area contributed by atoms with Crippen LogP contribution in [0.1, 0.15) is 140 Å². The van der Waals surface area contributed by atoms with Gasteiger partial charge in [-0.3, -0.25) is 34.3 Å². The van der Waals surface area contributed by atoms with Crippen molar-refractivity contribution in [3.63, 3.8) is 0 Å². The normalized spacial score (nSPS) is 25.4. The molecule has 5 aromatic rings. The number of nitrogens with zero attached hydrogens (tertiary/aromatic N) is 9. The number of imidazole rings is 1. The van der Waals surface area contributed by atoms with Crippen LogP contribution >= 0.6 is 0 Å². The van der Waals surface area contributed by atoms with Gasteiger partial charge in [-0.2, -0.15) is 0 Å². The summed E-state index contributed by atoms with van der Waals surface area (Å²) in [7, 11) is 0. The zero-order valence-corrected chi connectivity index (χ0v) is 44.5. The van der Waals surface area contributed by atoms with Crippen molar-refractivity contribution >= 4 is 57.8 Å². The first-order chi connectivity index (χ1) is 37.2. The number of ether oxygens (including phenoxy) is 1. The van der Waals surface area contributed by atoms with E-state index in [9.17, 15) is 19.2 Å². The lowest BCUT2D eigenvalue weighted by atomic mass is 9.72. The van der Waals surface area contributed by atoms with Crippen molar-refractivity contribution in [2.75, 3.05) is 49.5 Å². The quantitative estimate of drug-likeness (QED) is 0.121. The van der Waals surface area contributed by atoms with Gasteiger partial charge < -0.3 is 34.2 Å². The monoisotopic (exact) mass is 1050 g/mol. The van der Waals surface area contributed by atoms with E-state index in [0.717, 1.165) is 72.2 Å². The Balaban J connectivity index is 0.709. The molecule has 12 rings (SSSR count). The lowest BCUT2D eigenvalue weighted by molar-refractivity contribution is -0.150. The number of carbonyl (C=O) groups excluding carboxylic acids is 5. The average molecular weight is 1050 g/mol. The Morgan fingerprint density at radius 3 is 2.29 bits per heavy atom. The maximum Gasteiger partial charge on any atom is 0.238 e. The van der Waals surface area contributed by atoms with E-state index in [1.165, 1.54) is 25.5 Å². The van der Waals surface area contributed by atoms with E-state index in [-0.39, 0.29) is 59.3 Å². The summed E-state index contributed by atoms with van der Waals surface area (Å²) in [4.78, 5) is 94.8. The first-order valence-corrected chi connectivity index (χ1v) is 28.3. The molecule has 6 fully saturated rings. The highest BCUT2D eigenvalue weighted by atomic mass is 19.1. The van der Waals surface area contributed by atoms with Crippen LogP contribution in [0, 0.1) is 17.2 Å². The van der Waals surface area contributed by atoms with Crippen LogP contribution in [0.25, 0.3) is 22.3 Å². The average Bonchev–Trinajstić information content (AvgIpc) is 4.22. The maximum absolute atomic E-state index is 15.3. The van der Waals surface area contributed by atoms with Gasteiger partial charge in [-0.1, -0.05) is 31.5 Å². The second kappa shape index (κ2) is 20.5. The van der Waals surface area contributed by atoms with Crippen LogP contribution in [0.4, 0.5) is 21.6 Å². The summed E-state index contributed by atoms with van der Waals surface area (Å²) in [6.07, 6.45) is 17.5. The smallest absolute Gasteiger partial charge is 0.238 e. The Labute approximate surface area is 448 Å². The molecule has 404 valence electrons. The van der Waals surface area contributed by atoms with Gasteiger partial charge in [0.1, 0.15) is 11.6 Å². The number of rotatable bonds is 11. The molecule has 9 heterocycles. The third kappa shape index (κ3) is 9.51. The summed E-state index contributed by atoms with van der Waals surface area (Å²) in [6.45, 7) is 10.4. The predicted molar refractivity (Wildman–Crippen MR) is 288 cm³/mol. The molecule has 2 aliphatic carbocycles. The minimum absolute atomic E-state index is 0.0638. The molecular weight excluding hydrogens is 978 g/mol. The van der Waals surface area contributed by atoms with Crippen molar-refractivity contribution in [1.82, 2.24) is 44.5 Å². The van der Waals surface area contributed by atoms with Crippen LogP contribution in [-0.2, 0) is 29.4 Å². The molecule has 1 aromatic carbocycles. The summed E-state index contributed by atoms with van der Waals surface area (Å²) < 4.78 is 23.3. The number of hydrogen-bond acceptors (Lipinski definition) is 12. The fourth-order valence-corrected chi connectivity index (χ4v) is 13.7. The van der Waals surface area contributed by atoms with Crippen LogP contribution in [0.2, 0.25) is 0 Å². The molecule has 1 unspecified atom stereocenters. The molecule has 4 aromatic heterocycles. The van der Waals surface area contributed by atoms with E-state index < -0.39 is 22.6 Å². The van der Waals surface area contributed by atoms with Crippen molar-refractivity contribution in [3.8, 4) is 17.1 Å². The van der Waals surface area contributed by atoms with E-state index in [2.05, 4.69) is 69.4 Å². The van der Waals surface area contributed by atoms with Gasteiger partial charge in [0, 0.05) is 91.8 Å². The molecule has 4 saturated heterocycles. The predicted octanol–water partition coefficient (Wildman–Crippen LogP) is 8.36. The second-order valence-corrected chi connectivity index (χ2v) is 23.5. The number of nitrogens with one attached hydrogen (secondary N) is 2. The highest BCUT2D eigenvalue weighted by molar-refractivity contribution is 6.10. The number of imide groups is 1. The Morgan fingerprint density at radius 2 is 1.58 bits per heavy atom. The molecular formula is C59H70FN11O6. The molecule has 1 atom stereocenters. The van der Waals surface area contributed by atoms with Crippen LogP contribution in [0.15, 0.2) is 67.4 Å². The third-order valence-electron chi connectivity index (χ3n) is 18.5. The number of hydrogen-bond donors (Lipinski definition) is 2. The molecule has 17 nitrogen and oxygen atoms in total. The molecule has 18 heteroatoms. The molecule has 5 aliphatic heterocycles. The first kappa shape index (κ1) is 51.0. The van der Waals surface area contributed by atoms with Gasteiger partial charge in [0.15, 0.2) is 11.6 Å². The Morgan fingerprint density at radius 1 is 0.831 bits per heavy atom. The molecule has 7 aliphatic rings. The molecule has 0 radical (unpaired) electrons. The number of likely N-dealkylation sites (tertiary alicyclic amines) is 3. The van der Waals surface area contributed by atoms with Crippen molar-refractivity contribution in [2.24, 2.45) is 11.3 Å². The van der Waals surface area contributed by atoms with Crippen molar-refractivity contribution in [3.05, 3.63) is 84.3 Å². The van der Waals surface area contributed by atoms with E-state index in [4.69, 9.17) is 14.7 Å². The molecule has 77 heavy (non-hydrogen) atoms. The second-order valence-electron chi connectivity index (χ2n) is 23.5. The van der Waals surface area contributed by atoms with Gasteiger partial charge in [0.05, 0.1) is 40.8 Å². The van der Waals surface area contributed by atoms with E-state index >= 15 is 9.18 Å². The Bertz CT molecular complexity index is 3090. The van der Waals surface area contributed by atoms with Crippen LogP contribution < -0.4 is 20.3 Å². The Kier molecular flexibility index (Phi) is 13.6. The molecule has 2 saturated carbocycles. The number of benzene rings is 1. The van der Waals surface area contributed by atoms with Gasteiger partial charge in [0.25, 0.3) is 0 Å². The highest BCUT2D eigenvalue weighted by Crippen LogP contribution is 2.53. The first-order valence-electron chi connectivity index (χ1n) is 28.3. The number of pyridine rings is 3. The van der Waals surface area contributed by atoms with Crippen LogP contribution in [0.3, 0.4) is 0 Å². The lowest BCUT2D eigenvalue weighted by Gasteiger charge is -2.48. The fourth-order valence-electron chi connectivity index (χ4n) is 13.7. The number of aromatic nitrogens is 5. The largest absolute Gasteiger partial charge is 0.474 e. The van der Waals surface area contributed by atoms with Gasteiger partial charge in [-0.15, -0.1) is 0 Å². The summed E-state index contributed by atoms with van der Waals surface area (Å²) in [6, 6.07) is 14.1. The van der Waals surface area contributed by atoms with Crippen LogP contribution in [0.5, 0.6) is 5.88 Å². The maximum atomic E-state index is 15.3. The number of halogens is 1. The summed E-state index contributed by atoms with van der Waals surface area (Å²) in [5.74, 6) is -0.185. The molecule has 2 N–H and O–H groups in total. The fraction of sp³-hybridized carbons (Fsp3) is 0.542. The SMILES string of the molecule is CC(C)n1cnc2cc(-c3ccc4c(c3)N(C3CC(N5CCCCC5)C3)C(=O)C43CCN(C(=O)C4(C)CCN(C(=O)C5CCC(Oc6ccc(C7CCC(=O)NC7=O)cn6)CC5)CC4)CC3)nc(Nc3ccncc3F)c21. The minimum atomic E-state index is -0.764. The molecule has 1 spiro atoms. The van der Waals surface area contributed by atoms with Crippen molar-refractivity contribution in [2.45, 2.75) is 153 Å². The molecule has 5 amide bonds. The lowest BCUT2D eigenvalue weighted by Crippen LogP contribution is -2.59. The zero-order valence-electron chi connectivity index (χ0n) is 44.5. The van der Waals surface area contributed by atoms with Gasteiger partial charge in [0.2, 0.25) is 35.4 Å². The van der Waals surface area contributed by atoms with E-state index in [1.54, 1.807) is 30.9 Å². The molecule has 0 bridgehead atoms. The van der Waals surface area contributed by atoms with Gasteiger partial charge in [-0.05, 0) is 140 Å². The summed E-state index contributed by atoms with van der Waals surface area (Å²) >= 11 is 0. The van der Waals surface area contributed by atoms with Crippen molar-refractivity contribution in [1.29, 1.82) is 0 Å². The Hall–Kier alpha value is -6.82. The van der Waals surface area contributed by atoms with Gasteiger partial charge in [-0.25, -0.2) is 19.3 Å². The number of carbonyl (C=O) groups is 5. The number of fused-ring (bicyclic) bond motifs is 3.